The van der Waals surface area contributed by atoms with Crippen LogP contribution in [0.5, 0.6) is 0 Å². The number of nitrogens with zero attached hydrogens (tertiary/aromatic N) is 3. The first-order valence-corrected chi connectivity index (χ1v) is 7.37. The van der Waals surface area contributed by atoms with Crippen LogP contribution < -0.4 is 5.32 Å². The predicted molar refractivity (Wildman–Crippen MR) is 77.0 cm³/mol. The quantitative estimate of drug-likeness (QED) is 0.747. The molecule has 0 saturated heterocycles. The van der Waals surface area contributed by atoms with E-state index >= 15 is 0 Å². The Labute approximate surface area is 116 Å². The minimum absolute atomic E-state index is 0.127. The first kappa shape index (κ1) is 16.1. The number of hydrogen-bond acceptors (Lipinski definition) is 4. The Balaban J connectivity index is 3.09. The van der Waals surface area contributed by atoms with Crippen LogP contribution in [0.3, 0.4) is 0 Å². The van der Waals surface area contributed by atoms with E-state index in [2.05, 4.69) is 43.3 Å². The van der Waals surface area contributed by atoms with Crippen LogP contribution in [-0.2, 0) is 11.8 Å². The van der Waals surface area contributed by atoms with Gasteiger partial charge in [-0.1, -0.05) is 26.0 Å². The van der Waals surface area contributed by atoms with Gasteiger partial charge in [0.15, 0.2) is 0 Å². The molecule has 5 nitrogen and oxygen atoms in total. The molecule has 0 bridgehead atoms. The van der Waals surface area contributed by atoms with E-state index in [1.54, 1.807) is 0 Å². The molecule has 0 aliphatic carbocycles. The molecule has 0 saturated carbocycles. The van der Waals surface area contributed by atoms with Crippen LogP contribution in [0.25, 0.3) is 0 Å². The molecule has 0 amide bonds. The molecule has 1 atom stereocenters. The zero-order valence-corrected chi connectivity index (χ0v) is 12.9. The van der Waals surface area contributed by atoms with Crippen LogP contribution in [0.1, 0.15) is 58.7 Å². The molecule has 1 aromatic heterocycles. The largest absolute Gasteiger partial charge is 0.373 e. The predicted octanol–water partition coefficient (Wildman–Crippen LogP) is 2.45. The number of nitrogens with one attached hydrogen (secondary N) is 1. The van der Waals surface area contributed by atoms with Crippen molar-refractivity contribution in [2.45, 2.75) is 58.6 Å². The maximum atomic E-state index is 6.13. The van der Waals surface area contributed by atoms with Crippen molar-refractivity contribution in [3.63, 3.8) is 0 Å². The van der Waals surface area contributed by atoms with E-state index in [0.29, 0.717) is 0 Å². The van der Waals surface area contributed by atoms with Crippen LogP contribution >= 0.6 is 0 Å². The van der Waals surface area contributed by atoms with Crippen LogP contribution in [0.15, 0.2) is 6.20 Å². The Morgan fingerprint density at radius 2 is 2.00 bits per heavy atom. The summed E-state index contributed by atoms with van der Waals surface area (Å²) in [6.45, 7) is 10.3. The molecule has 110 valence electrons. The molecule has 19 heavy (non-hydrogen) atoms. The maximum absolute atomic E-state index is 6.13. The van der Waals surface area contributed by atoms with Crippen molar-refractivity contribution in [3.8, 4) is 0 Å². The van der Waals surface area contributed by atoms with Crippen LogP contribution in [0, 0.1) is 0 Å². The van der Waals surface area contributed by atoms with Gasteiger partial charge in [-0.05, 0) is 32.7 Å². The van der Waals surface area contributed by atoms with Gasteiger partial charge in [0.1, 0.15) is 0 Å². The topological polar surface area (TPSA) is 52.0 Å². The maximum Gasteiger partial charge on any atom is 0.0886 e. The molecule has 0 spiro atoms. The van der Waals surface area contributed by atoms with Crippen molar-refractivity contribution in [1.29, 1.82) is 0 Å². The fourth-order valence-electron chi connectivity index (χ4n) is 2.64. The third-order valence-electron chi connectivity index (χ3n) is 3.80. The molecule has 5 heteroatoms. The zero-order valence-electron chi connectivity index (χ0n) is 12.9. The van der Waals surface area contributed by atoms with Crippen molar-refractivity contribution < 1.29 is 4.74 Å². The van der Waals surface area contributed by atoms with Crippen molar-refractivity contribution in [2.75, 3.05) is 13.2 Å². The molecule has 1 unspecified atom stereocenters. The average Bonchev–Trinajstić information content (AvgIpc) is 2.84. The third kappa shape index (κ3) is 3.54. The zero-order chi connectivity index (χ0) is 14.3. The third-order valence-corrected chi connectivity index (χ3v) is 3.80. The van der Waals surface area contributed by atoms with E-state index in [4.69, 9.17) is 4.74 Å². The summed E-state index contributed by atoms with van der Waals surface area (Å²) in [6.07, 6.45) is 4.86. The Morgan fingerprint density at radius 3 is 2.42 bits per heavy atom. The lowest BCUT2D eigenvalue weighted by molar-refractivity contribution is -0.0749. The minimum Gasteiger partial charge on any atom is -0.373 e. The lowest BCUT2D eigenvalue weighted by atomic mass is 9.86. The number of hydrogen-bond donors (Lipinski definition) is 1. The Bertz CT molecular complexity index is 360. The summed E-state index contributed by atoms with van der Waals surface area (Å²) in [5.41, 5.74) is 0.893. The lowest BCUT2D eigenvalue weighted by Gasteiger charge is -2.39. The van der Waals surface area contributed by atoms with Gasteiger partial charge in [-0.2, -0.15) is 0 Å². The Hall–Kier alpha value is -0.940. The van der Waals surface area contributed by atoms with E-state index in [1.165, 1.54) is 0 Å². The highest BCUT2D eigenvalue weighted by atomic mass is 16.5. The number of aromatic nitrogens is 3. The van der Waals surface area contributed by atoms with E-state index in [0.717, 1.165) is 38.1 Å². The van der Waals surface area contributed by atoms with E-state index in [1.807, 2.05) is 17.9 Å². The molecule has 0 aliphatic heterocycles. The second-order valence-corrected chi connectivity index (χ2v) is 4.87. The number of rotatable bonds is 9. The van der Waals surface area contributed by atoms with Crippen molar-refractivity contribution in [3.05, 3.63) is 11.9 Å². The average molecular weight is 268 g/mol. The second-order valence-electron chi connectivity index (χ2n) is 4.87. The highest BCUT2D eigenvalue weighted by Gasteiger charge is 2.38. The SMILES string of the molecule is CCCNC(c1cnnn1C)C(CC)(CC)OCC. The summed E-state index contributed by atoms with van der Waals surface area (Å²) in [6, 6.07) is 0.127. The summed E-state index contributed by atoms with van der Waals surface area (Å²) >= 11 is 0. The fraction of sp³-hybridized carbons (Fsp3) is 0.857. The summed E-state index contributed by atoms with van der Waals surface area (Å²) in [5, 5.41) is 11.7. The molecule has 0 aliphatic rings. The summed E-state index contributed by atoms with van der Waals surface area (Å²) in [7, 11) is 1.94. The summed E-state index contributed by atoms with van der Waals surface area (Å²) in [5.74, 6) is 0. The molecular weight excluding hydrogens is 240 g/mol. The first-order chi connectivity index (χ1) is 9.15. The van der Waals surface area contributed by atoms with Gasteiger partial charge in [0, 0.05) is 13.7 Å². The molecule has 0 radical (unpaired) electrons. The van der Waals surface area contributed by atoms with Crippen LogP contribution in [0.2, 0.25) is 0 Å². The number of ether oxygens (including phenoxy) is 1. The Kier molecular flexibility index (Phi) is 6.45. The molecular formula is C14H28N4O. The normalized spacial score (nSPS) is 13.7. The molecule has 1 N–H and O–H groups in total. The van der Waals surface area contributed by atoms with Gasteiger partial charge in [0.25, 0.3) is 0 Å². The summed E-state index contributed by atoms with van der Waals surface area (Å²) < 4.78 is 7.97. The van der Waals surface area contributed by atoms with Gasteiger partial charge in [-0.15, -0.1) is 5.10 Å². The summed E-state index contributed by atoms with van der Waals surface area (Å²) in [4.78, 5) is 0. The molecule has 1 aromatic rings. The molecule has 0 aromatic carbocycles. The monoisotopic (exact) mass is 268 g/mol. The highest BCUT2D eigenvalue weighted by molar-refractivity contribution is 5.10. The van der Waals surface area contributed by atoms with Crippen LogP contribution in [-0.4, -0.2) is 33.7 Å². The van der Waals surface area contributed by atoms with E-state index in [9.17, 15) is 0 Å². The smallest absolute Gasteiger partial charge is 0.0886 e. The van der Waals surface area contributed by atoms with Crippen molar-refractivity contribution in [1.82, 2.24) is 20.3 Å². The lowest BCUT2D eigenvalue weighted by Crippen LogP contribution is -2.46. The first-order valence-electron chi connectivity index (χ1n) is 7.37. The van der Waals surface area contributed by atoms with Gasteiger partial charge in [0.2, 0.25) is 0 Å². The van der Waals surface area contributed by atoms with Crippen molar-refractivity contribution >= 4 is 0 Å². The molecule has 1 heterocycles. The van der Waals surface area contributed by atoms with Gasteiger partial charge in [-0.25, -0.2) is 0 Å². The van der Waals surface area contributed by atoms with Crippen molar-refractivity contribution in [2.24, 2.45) is 7.05 Å². The Morgan fingerprint density at radius 1 is 1.32 bits per heavy atom. The van der Waals surface area contributed by atoms with Gasteiger partial charge in [-0.3, -0.25) is 4.68 Å². The standard InChI is InChI=1S/C14H28N4O/c1-6-10-15-13(12-11-16-17-18(12)5)14(7-2,8-3)19-9-4/h11,13,15H,6-10H2,1-5H3. The molecule has 0 fully saturated rings. The fourth-order valence-corrected chi connectivity index (χ4v) is 2.64. The van der Waals surface area contributed by atoms with E-state index < -0.39 is 0 Å². The van der Waals surface area contributed by atoms with Gasteiger partial charge in [0.05, 0.1) is 23.5 Å². The van der Waals surface area contributed by atoms with Gasteiger partial charge >= 0.3 is 0 Å². The number of aryl methyl sites for hydroxylation is 1. The second kappa shape index (κ2) is 7.60. The van der Waals surface area contributed by atoms with Gasteiger partial charge < -0.3 is 10.1 Å². The van der Waals surface area contributed by atoms with E-state index in [-0.39, 0.29) is 11.6 Å². The highest BCUT2D eigenvalue weighted by Crippen LogP contribution is 2.35. The van der Waals surface area contributed by atoms with Crippen LogP contribution in [0.4, 0.5) is 0 Å². The minimum atomic E-state index is -0.195. The molecule has 1 rings (SSSR count).